The summed E-state index contributed by atoms with van der Waals surface area (Å²) in [5, 5.41) is 29.5. The van der Waals surface area contributed by atoms with Crippen LogP contribution in [0.3, 0.4) is 0 Å². The molecule has 0 aliphatic rings. The van der Waals surface area contributed by atoms with Gasteiger partial charge in [-0.25, -0.2) is 0 Å². The second kappa shape index (κ2) is 9.15. The standard InChI is InChI=1S/C21H20O6/c1-26-18-9-5-14(20(24)12-18)3-7-16(22)11-17(23)8-4-15-6-10-19(27-2)13-21(15)25/h3-13,22,24-25H,1-2H3. The Balaban J connectivity index is 2.05. The normalized spacial score (nSPS) is 11.9. The maximum Gasteiger partial charge on any atom is 0.182 e. The maximum absolute atomic E-state index is 11.9. The summed E-state index contributed by atoms with van der Waals surface area (Å²) in [5.41, 5.74) is 0.901. The average Bonchev–Trinajstić information content (AvgIpc) is 2.65. The molecular formula is C21H20O6. The first-order valence-electron chi connectivity index (χ1n) is 7.97. The highest BCUT2D eigenvalue weighted by Gasteiger charge is 2.02. The molecule has 0 radical (unpaired) electrons. The molecule has 0 heterocycles. The Labute approximate surface area is 156 Å². The Morgan fingerprint density at radius 1 is 0.852 bits per heavy atom. The third-order valence-electron chi connectivity index (χ3n) is 3.63. The third kappa shape index (κ3) is 5.67. The summed E-state index contributed by atoms with van der Waals surface area (Å²) in [5.74, 6) is 0.221. The summed E-state index contributed by atoms with van der Waals surface area (Å²) < 4.78 is 9.98. The van der Waals surface area contributed by atoms with Crippen molar-refractivity contribution in [3.63, 3.8) is 0 Å². The zero-order valence-corrected chi connectivity index (χ0v) is 14.9. The van der Waals surface area contributed by atoms with E-state index in [2.05, 4.69) is 0 Å². The van der Waals surface area contributed by atoms with Crippen LogP contribution in [0.1, 0.15) is 11.1 Å². The van der Waals surface area contributed by atoms with Gasteiger partial charge in [0, 0.05) is 29.3 Å². The van der Waals surface area contributed by atoms with Crippen molar-refractivity contribution < 1.29 is 29.6 Å². The molecular weight excluding hydrogens is 348 g/mol. The van der Waals surface area contributed by atoms with Crippen LogP contribution in [0.5, 0.6) is 23.0 Å². The molecule has 27 heavy (non-hydrogen) atoms. The molecule has 0 aliphatic carbocycles. The Morgan fingerprint density at radius 3 is 1.78 bits per heavy atom. The number of methoxy groups -OCH3 is 2. The first-order chi connectivity index (χ1) is 12.9. The number of carbonyl (C=O) groups excluding carboxylic acids is 1. The minimum Gasteiger partial charge on any atom is -0.508 e. The fourth-order valence-corrected chi connectivity index (χ4v) is 2.17. The highest BCUT2D eigenvalue weighted by Crippen LogP contribution is 2.25. The van der Waals surface area contributed by atoms with E-state index in [1.807, 2.05) is 0 Å². The summed E-state index contributed by atoms with van der Waals surface area (Å²) in [6.45, 7) is 0. The van der Waals surface area contributed by atoms with Gasteiger partial charge in [0.15, 0.2) is 5.78 Å². The number of ether oxygens (including phenoxy) is 2. The van der Waals surface area contributed by atoms with Crippen LogP contribution < -0.4 is 9.47 Å². The van der Waals surface area contributed by atoms with E-state index in [0.717, 1.165) is 6.08 Å². The summed E-state index contributed by atoms with van der Waals surface area (Å²) >= 11 is 0. The van der Waals surface area contributed by atoms with E-state index in [4.69, 9.17) is 9.47 Å². The fourth-order valence-electron chi connectivity index (χ4n) is 2.17. The first kappa shape index (κ1) is 19.7. The van der Waals surface area contributed by atoms with E-state index in [1.54, 1.807) is 24.3 Å². The van der Waals surface area contributed by atoms with Crippen LogP contribution in [-0.4, -0.2) is 35.3 Å². The molecule has 0 bridgehead atoms. The van der Waals surface area contributed by atoms with Crippen molar-refractivity contribution in [2.45, 2.75) is 0 Å². The van der Waals surface area contributed by atoms with Crippen molar-refractivity contribution >= 4 is 17.9 Å². The van der Waals surface area contributed by atoms with Gasteiger partial charge in [-0.15, -0.1) is 0 Å². The Kier molecular flexibility index (Phi) is 6.66. The molecule has 0 saturated carbocycles. The average molecular weight is 368 g/mol. The Morgan fingerprint density at radius 2 is 1.33 bits per heavy atom. The zero-order chi connectivity index (χ0) is 19.8. The minimum atomic E-state index is -0.466. The van der Waals surface area contributed by atoms with Gasteiger partial charge in [0.05, 0.1) is 14.2 Å². The van der Waals surface area contributed by atoms with Crippen LogP contribution in [0.25, 0.3) is 12.2 Å². The number of aliphatic hydroxyl groups excluding tert-OH is 1. The number of phenols is 2. The van der Waals surface area contributed by atoms with Crippen molar-refractivity contribution in [1.29, 1.82) is 0 Å². The SMILES string of the molecule is COc1ccc(C=CC(=O)C=C(O)C=Cc2ccc(OC)cc2O)c(O)c1. The topological polar surface area (TPSA) is 96.2 Å². The summed E-state index contributed by atoms with van der Waals surface area (Å²) in [6, 6.07) is 9.41. The number of carbonyl (C=O) groups is 1. The summed E-state index contributed by atoms with van der Waals surface area (Å²) in [6.07, 6.45) is 6.43. The van der Waals surface area contributed by atoms with Crippen molar-refractivity contribution in [3.8, 4) is 23.0 Å². The van der Waals surface area contributed by atoms with E-state index in [0.29, 0.717) is 22.6 Å². The lowest BCUT2D eigenvalue weighted by atomic mass is 10.1. The Bertz CT molecular complexity index is 909. The minimum absolute atomic E-state index is 0.0143. The molecule has 0 spiro atoms. The highest BCUT2D eigenvalue weighted by atomic mass is 16.5. The molecule has 2 aromatic rings. The van der Waals surface area contributed by atoms with Gasteiger partial charge < -0.3 is 24.8 Å². The van der Waals surface area contributed by atoms with E-state index >= 15 is 0 Å². The molecule has 0 unspecified atom stereocenters. The molecule has 140 valence electrons. The van der Waals surface area contributed by atoms with E-state index in [-0.39, 0.29) is 17.3 Å². The molecule has 0 amide bonds. The molecule has 2 rings (SSSR count). The molecule has 0 aliphatic heterocycles. The lowest BCUT2D eigenvalue weighted by Crippen LogP contribution is -1.89. The van der Waals surface area contributed by atoms with Crippen molar-refractivity contribution in [2.24, 2.45) is 0 Å². The van der Waals surface area contributed by atoms with Gasteiger partial charge in [-0.2, -0.15) is 0 Å². The van der Waals surface area contributed by atoms with Crippen LogP contribution >= 0.6 is 0 Å². The van der Waals surface area contributed by atoms with Gasteiger partial charge in [0.2, 0.25) is 0 Å². The smallest absolute Gasteiger partial charge is 0.182 e. The largest absolute Gasteiger partial charge is 0.508 e. The molecule has 0 atom stereocenters. The van der Waals surface area contributed by atoms with Gasteiger partial charge in [-0.3, -0.25) is 4.79 Å². The van der Waals surface area contributed by atoms with Crippen LogP contribution in [0.4, 0.5) is 0 Å². The number of aliphatic hydroxyl groups is 1. The number of hydrogen-bond acceptors (Lipinski definition) is 6. The molecule has 2 aromatic carbocycles. The first-order valence-corrected chi connectivity index (χ1v) is 7.97. The van der Waals surface area contributed by atoms with E-state index in [1.165, 1.54) is 50.7 Å². The van der Waals surface area contributed by atoms with Crippen LogP contribution in [0.15, 0.2) is 60.4 Å². The van der Waals surface area contributed by atoms with E-state index in [9.17, 15) is 20.1 Å². The second-order valence-electron chi connectivity index (χ2n) is 5.49. The lowest BCUT2D eigenvalue weighted by molar-refractivity contribution is -0.110. The number of aromatic hydroxyl groups is 2. The van der Waals surface area contributed by atoms with Crippen molar-refractivity contribution in [3.05, 3.63) is 71.5 Å². The number of phenolic OH excluding ortho intramolecular Hbond substituents is 2. The molecule has 6 heteroatoms. The van der Waals surface area contributed by atoms with Crippen LogP contribution in [0, 0.1) is 0 Å². The van der Waals surface area contributed by atoms with Crippen LogP contribution in [0.2, 0.25) is 0 Å². The lowest BCUT2D eigenvalue weighted by Gasteiger charge is -2.03. The van der Waals surface area contributed by atoms with Crippen LogP contribution in [-0.2, 0) is 4.79 Å². The van der Waals surface area contributed by atoms with Gasteiger partial charge >= 0.3 is 0 Å². The van der Waals surface area contributed by atoms with Gasteiger partial charge in [0.1, 0.15) is 28.8 Å². The highest BCUT2D eigenvalue weighted by molar-refractivity contribution is 6.02. The third-order valence-corrected chi connectivity index (χ3v) is 3.63. The molecule has 0 fully saturated rings. The number of rotatable bonds is 7. The van der Waals surface area contributed by atoms with E-state index < -0.39 is 5.78 Å². The number of allylic oxidation sites excluding steroid dienone is 3. The summed E-state index contributed by atoms with van der Waals surface area (Å²) in [4.78, 5) is 11.9. The predicted octanol–water partition coefficient (Wildman–Crippen LogP) is 3.85. The number of ketones is 1. The molecule has 6 nitrogen and oxygen atoms in total. The molecule has 0 saturated heterocycles. The van der Waals surface area contributed by atoms with Gasteiger partial charge in [0.25, 0.3) is 0 Å². The number of hydrogen-bond donors (Lipinski definition) is 3. The van der Waals surface area contributed by atoms with Crippen molar-refractivity contribution in [2.75, 3.05) is 14.2 Å². The fraction of sp³-hybridized carbons (Fsp3) is 0.0952. The van der Waals surface area contributed by atoms with Gasteiger partial charge in [-0.1, -0.05) is 0 Å². The summed E-state index contributed by atoms with van der Waals surface area (Å²) in [7, 11) is 2.98. The number of benzene rings is 2. The quantitative estimate of drug-likeness (QED) is 0.390. The maximum atomic E-state index is 11.9. The monoisotopic (exact) mass is 368 g/mol. The molecule has 0 aromatic heterocycles. The Hall–Kier alpha value is -3.67. The molecule has 3 N–H and O–H groups in total. The zero-order valence-electron chi connectivity index (χ0n) is 14.9. The second-order valence-corrected chi connectivity index (χ2v) is 5.49. The van der Waals surface area contributed by atoms with Crippen molar-refractivity contribution in [1.82, 2.24) is 0 Å². The predicted molar refractivity (Wildman–Crippen MR) is 103 cm³/mol. The van der Waals surface area contributed by atoms with Gasteiger partial charge in [-0.05, 0) is 48.6 Å².